The van der Waals surface area contributed by atoms with Crippen LogP contribution in [0, 0.1) is 11.3 Å². The highest BCUT2D eigenvalue weighted by molar-refractivity contribution is 9.10. The second kappa shape index (κ2) is 5.00. The van der Waals surface area contributed by atoms with Crippen LogP contribution in [0.5, 0.6) is 0 Å². The molecule has 0 fully saturated rings. The predicted molar refractivity (Wildman–Crippen MR) is 68.6 cm³/mol. The van der Waals surface area contributed by atoms with Gasteiger partial charge in [-0.25, -0.2) is 9.97 Å². The van der Waals surface area contributed by atoms with Crippen molar-refractivity contribution in [1.82, 2.24) is 15.3 Å². The Morgan fingerprint density at radius 2 is 2.00 bits per heavy atom. The van der Waals surface area contributed by atoms with Crippen molar-refractivity contribution in [1.29, 1.82) is 5.26 Å². The van der Waals surface area contributed by atoms with Gasteiger partial charge in [0.05, 0.1) is 16.1 Å². The van der Waals surface area contributed by atoms with Crippen molar-refractivity contribution >= 4 is 27.8 Å². The number of anilines is 1. The number of allylic oxidation sites excluding steroid dienone is 1. The molecule has 0 spiro atoms. The maximum Gasteiger partial charge on any atom is 0.425 e. The standard InChI is InChI=1S/C11H7BrF3N5O/c1-5-7(2-16)10(8(21)19-5,11(13,14)15)20-9-17-3-6(12)4-18-9/h3-4H,1H3,(H,19,21)(H,17,18,20). The summed E-state index contributed by atoms with van der Waals surface area (Å²) in [5.74, 6) is -1.82. The van der Waals surface area contributed by atoms with Crippen LogP contribution in [0.2, 0.25) is 0 Å². The molecule has 1 amide bonds. The average Bonchev–Trinajstić information content (AvgIpc) is 2.63. The van der Waals surface area contributed by atoms with Gasteiger partial charge in [-0.2, -0.15) is 18.4 Å². The van der Waals surface area contributed by atoms with Crippen molar-refractivity contribution in [2.45, 2.75) is 18.6 Å². The van der Waals surface area contributed by atoms with Crippen molar-refractivity contribution in [2.75, 3.05) is 5.32 Å². The van der Waals surface area contributed by atoms with Gasteiger partial charge in [-0.15, -0.1) is 0 Å². The van der Waals surface area contributed by atoms with E-state index in [9.17, 15) is 18.0 Å². The van der Waals surface area contributed by atoms with Crippen LogP contribution < -0.4 is 10.6 Å². The molecule has 1 unspecified atom stereocenters. The number of halogens is 4. The van der Waals surface area contributed by atoms with Gasteiger partial charge >= 0.3 is 6.18 Å². The summed E-state index contributed by atoms with van der Waals surface area (Å²) in [7, 11) is 0. The number of amides is 1. The Morgan fingerprint density at radius 1 is 1.43 bits per heavy atom. The van der Waals surface area contributed by atoms with Gasteiger partial charge in [0.2, 0.25) is 5.95 Å². The van der Waals surface area contributed by atoms with E-state index < -0.39 is 29.1 Å². The second-order valence-electron chi connectivity index (χ2n) is 4.16. The van der Waals surface area contributed by atoms with Crippen LogP contribution >= 0.6 is 15.9 Å². The van der Waals surface area contributed by atoms with E-state index in [1.807, 2.05) is 10.6 Å². The number of alkyl halides is 3. The van der Waals surface area contributed by atoms with E-state index in [-0.39, 0.29) is 5.70 Å². The summed E-state index contributed by atoms with van der Waals surface area (Å²) < 4.78 is 40.9. The van der Waals surface area contributed by atoms with Gasteiger partial charge in [0, 0.05) is 18.1 Å². The number of carbonyl (C=O) groups excluding carboxylic acids is 1. The van der Waals surface area contributed by atoms with Crippen LogP contribution in [-0.2, 0) is 4.79 Å². The van der Waals surface area contributed by atoms with Gasteiger partial charge in [0.25, 0.3) is 11.4 Å². The monoisotopic (exact) mass is 361 g/mol. The Kier molecular flexibility index (Phi) is 3.63. The first-order valence-electron chi connectivity index (χ1n) is 5.47. The van der Waals surface area contributed by atoms with Gasteiger partial charge in [-0.1, -0.05) is 0 Å². The van der Waals surface area contributed by atoms with Crippen LogP contribution in [0.3, 0.4) is 0 Å². The molecule has 1 aromatic rings. The van der Waals surface area contributed by atoms with E-state index in [4.69, 9.17) is 5.26 Å². The highest BCUT2D eigenvalue weighted by Gasteiger charge is 2.67. The van der Waals surface area contributed by atoms with Crippen molar-refractivity contribution in [3.8, 4) is 6.07 Å². The number of rotatable bonds is 2. The Bertz CT molecular complexity index is 664. The van der Waals surface area contributed by atoms with E-state index >= 15 is 0 Å². The summed E-state index contributed by atoms with van der Waals surface area (Å²) in [6.07, 6.45) is -2.61. The molecule has 0 saturated heterocycles. The maximum atomic E-state index is 13.5. The molecule has 1 aliphatic rings. The molecule has 2 rings (SSSR count). The molecule has 0 saturated carbocycles. The summed E-state index contributed by atoms with van der Waals surface area (Å²) in [6.45, 7) is 1.22. The third-order valence-electron chi connectivity index (χ3n) is 2.85. The summed E-state index contributed by atoms with van der Waals surface area (Å²) in [5, 5.41) is 12.9. The SMILES string of the molecule is CC1=C(C#N)C(Nc2ncc(Br)cn2)(C(F)(F)F)C(=O)N1. The number of nitrogens with zero attached hydrogens (tertiary/aromatic N) is 3. The minimum absolute atomic E-state index is 0.163. The lowest BCUT2D eigenvalue weighted by atomic mass is 9.90. The largest absolute Gasteiger partial charge is 0.425 e. The lowest BCUT2D eigenvalue weighted by molar-refractivity contribution is -0.174. The zero-order chi connectivity index (χ0) is 15.8. The zero-order valence-electron chi connectivity index (χ0n) is 10.4. The summed E-state index contributed by atoms with van der Waals surface area (Å²) >= 11 is 3.04. The molecule has 1 aromatic heterocycles. The number of aromatic nitrogens is 2. The topological polar surface area (TPSA) is 90.7 Å². The van der Waals surface area contributed by atoms with Crippen LogP contribution in [-0.4, -0.2) is 27.6 Å². The molecule has 0 bridgehead atoms. The minimum atomic E-state index is -5.05. The molecule has 110 valence electrons. The number of hydrogen-bond acceptors (Lipinski definition) is 5. The smallest absolute Gasteiger partial charge is 0.328 e. The lowest BCUT2D eigenvalue weighted by Crippen LogP contribution is -2.59. The number of nitrogens with one attached hydrogen (secondary N) is 2. The molecular formula is C11H7BrF3N5O. The molecule has 1 atom stereocenters. The molecule has 21 heavy (non-hydrogen) atoms. The molecule has 0 aliphatic carbocycles. The first-order chi connectivity index (χ1) is 9.72. The van der Waals surface area contributed by atoms with Crippen LogP contribution in [0.1, 0.15) is 6.92 Å². The minimum Gasteiger partial charge on any atom is -0.328 e. The lowest BCUT2D eigenvalue weighted by Gasteiger charge is -2.30. The molecule has 1 aliphatic heterocycles. The summed E-state index contributed by atoms with van der Waals surface area (Å²) in [4.78, 5) is 19.1. The maximum absolute atomic E-state index is 13.5. The molecular weight excluding hydrogens is 355 g/mol. The Morgan fingerprint density at radius 3 is 2.48 bits per heavy atom. The van der Waals surface area contributed by atoms with Crippen molar-refractivity contribution in [2.24, 2.45) is 0 Å². The van der Waals surface area contributed by atoms with E-state index in [1.165, 1.54) is 25.4 Å². The van der Waals surface area contributed by atoms with E-state index in [0.717, 1.165) is 0 Å². The first kappa shape index (κ1) is 15.2. The van der Waals surface area contributed by atoms with Gasteiger partial charge in [0.1, 0.15) is 0 Å². The number of hydrogen-bond donors (Lipinski definition) is 2. The molecule has 10 heteroatoms. The van der Waals surface area contributed by atoms with Crippen molar-refractivity contribution in [3.05, 3.63) is 28.1 Å². The third kappa shape index (κ3) is 2.33. The quantitative estimate of drug-likeness (QED) is 0.839. The van der Waals surface area contributed by atoms with E-state index in [0.29, 0.717) is 4.47 Å². The molecule has 6 nitrogen and oxygen atoms in total. The van der Waals surface area contributed by atoms with Gasteiger partial charge in [0.15, 0.2) is 0 Å². The zero-order valence-corrected chi connectivity index (χ0v) is 12.0. The van der Waals surface area contributed by atoms with Gasteiger partial charge in [-0.05, 0) is 22.9 Å². The van der Waals surface area contributed by atoms with Crippen LogP contribution in [0.25, 0.3) is 0 Å². The summed E-state index contributed by atoms with van der Waals surface area (Å²) in [5.41, 5.74) is -4.12. The number of nitriles is 1. The van der Waals surface area contributed by atoms with Crippen LogP contribution in [0.15, 0.2) is 28.1 Å². The predicted octanol–water partition coefficient (Wildman–Crippen LogP) is 1.88. The van der Waals surface area contributed by atoms with E-state index in [1.54, 1.807) is 0 Å². The molecule has 2 N–H and O–H groups in total. The van der Waals surface area contributed by atoms with Crippen molar-refractivity contribution in [3.63, 3.8) is 0 Å². The highest BCUT2D eigenvalue weighted by Crippen LogP contribution is 2.42. The van der Waals surface area contributed by atoms with Crippen molar-refractivity contribution < 1.29 is 18.0 Å². The Balaban J connectivity index is 2.57. The summed E-state index contributed by atoms with van der Waals surface area (Å²) in [6, 6.07) is 1.42. The fourth-order valence-electron chi connectivity index (χ4n) is 1.89. The van der Waals surface area contributed by atoms with Crippen LogP contribution in [0.4, 0.5) is 19.1 Å². The number of carbonyl (C=O) groups is 1. The fraction of sp³-hybridized carbons (Fsp3) is 0.273. The first-order valence-corrected chi connectivity index (χ1v) is 6.27. The Hall–Kier alpha value is -2.15. The highest BCUT2D eigenvalue weighted by atomic mass is 79.9. The molecule has 0 radical (unpaired) electrons. The second-order valence-corrected chi connectivity index (χ2v) is 5.08. The fourth-order valence-corrected chi connectivity index (χ4v) is 2.10. The average molecular weight is 362 g/mol. The van der Waals surface area contributed by atoms with Gasteiger partial charge < -0.3 is 10.6 Å². The normalized spacial score (nSPS) is 22.0. The Labute approximate surface area is 125 Å². The molecule has 2 heterocycles. The molecule has 0 aromatic carbocycles. The third-order valence-corrected chi connectivity index (χ3v) is 3.26. The van der Waals surface area contributed by atoms with E-state index in [2.05, 4.69) is 25.9 Å². The van der Waals surface area contributed by atoms with Gasteiger partial charge in [-0.3, -0.25) is 4.79 Å².